The molecule has 1 heterocycles. The van der Waals surface area contributed by atoms with E-state index < -0.39 is 16.0 Å². The van der Waals surface area contributed by atoms with Crippen LogP contribution in [0.5, 0.6) is 5.75 Å². The van der Waals surface area contributed by atoms with Gasteiger partial charge in [-0.05, 0) is 61.7 Å². The van der Waals surface area contributed by atoms with Crippen molar-refractivity contribution in [3.8, 4) is 5.75 Å². The Morgan fingerprint density at radius 3 is 2.22 bits per heavy atom. The highest BCUT2D eigenvalue weighted by Gasteiger charge is 2.27. The molecule has 2 aromatic carbocycles. The van der Waals surface area contributed by atoms with Crippen LogP contribution in [0.4, 0.5) is 0 Å². The molecule has 0 bridgehead atoms. The van der Waals surface area contributed by atoms with Gasteiger partial charge in [0, 0.05) is 12.2 Å². The number of aromatic nitrogens is 1. The molecule has 3 aromatic rings. The fraction of sp³-hybridized carbons (Fsp3) is 0.292. The Hall–Kier alpha value is -3.10. The fourth-order valence-corrected chi connectivity index (χ4v) is 4.81. The van der Waals surface area contributed by atoms with E-state index in [9.17, 15) is 13.2 Å². The number of nitrogens with one attached hydrogen (secondary N) is 1. The van der Waals surface area contributed by atoms with Gasteiger partial charge in [-0.25, -0.2) is 13.2 Å². The first-order valence-corrected chi connectivity index (χ1v) is 11.7. The molecular weight excluding hydrogens is 428 g/mol. The Bertz CT molecular complexity index is 1170. The molecule has 170 valence electrons. The molecule has 0 atom stereocenters. The van der Waals surface area contributed by atoms with E-state index in [1.165, 1.54) is 4.31 Å². The average Bonchev–Trinajstić information content (AvgIpc) is 3.08. The van der Waals surface area contributed by atoms with Gasteiger partial charge >= 0.3 is 5.97 Å². The molecule has 8 heteroatoms. The second-order valence-corrected chi connectivity index (χ2v) is 9.32. The third kappa shape index (κ3) is 5.03. The van der Waals surface area contributed by atoms with Crippen LogP contribution in [0.2, 0.25) is 0 Å². The third-order valence-electron chi connectivity index (χ3n) is 5.38. The molecule has 0 aliphatic heterocycles. The van der Waals surface area contributed by atoms with Gasteiger partial charge in [-0.3, -0.25) is 0 Å². The topological polar surface area (TPSA) is 88.7 Å². The fourth-order valence-electron chi connectivity index (χ4n) is 3.40. The van der Waals surface area contributed by atoms with Gasteiger partial charge < -0.3 is 14.5 Å². The maximum Gasteiger partial charge on any atom is 0.355 e. The van der Waals surface area contributed by atoms with E-state index in [1.54, 1.807) is 56.5 Å². The normalized spacial score (nSPS) is 11.5. The number of hydrogen-bond donors (Lipinski definition) is 1. The van der Waals surface area contributed by atoms with Gasteiger partial charge in [0.15, 0.2) is 0 Å². The minimum absolute atomic E-state index is 0.0787. The van der Waals surface area contributed by atoms with Crippen molar-refractivity contribution in [2.24, 2.45) is 0 Å². The summed E-state index contributed by atoms with van der Waals surface area (Å²) in [4.78, 5) is 15.6. The first-order valence-electron chi connectivity index (χ1n) is 10.3. The zero-order valence-electron chi connectivity index (χ0n) is 18.7. The maximum atomic E-state index is 13.5. The number of H-pyrrole nitrogens is 1. The number of methoxy groups -OCH3 is 1. The summed E-state index contributed by atoms with van der Waals surface area (Å²) in [6.45, 7) is 5.93. The molecule has 3 rings (SSSR count). The first-order chi connectivity index (χ1) is 15.3. The van der Waals surface area contributed by atoms with E-state index in [-0.39, 0.29) is 24.6 Å². The van der Waals surface area contributed by atoms with Gasteiger partial charge in [0.05, 0.1) is 25.2 Å². The summed E-state index contributed by atoms with van der Waals surface area (Å²) in [7, 11) is -2.22. The van der Waals surface area contributed by atoms with E-state index >= 15 is 0 Å². The lowest BCUT2D eigenvalue weighted by Gasteiger charge is -2.22. The largest absolute Gasteiger partial charge is 0.497 e. The Labute approximate surface area is 189 Å². The maximum absolute atomic E-state index is 13.5. The summed E-state index contributed by atoms with van der Waals surface area (Å²) in [5.41, 5.74) is 3.40. The number of hydrogen-bond acceptors (Lipinski definition) is 5. The second-order valence-electron chi connectivity index (χ2n) is 7.38. The van der Waals surface area contributed by atoms with Gasteiger partial charge in [0.1, 0.15) is 11.4 Å². The monoisotopic (exact) mass is 456 g/mol. The Kier molecular flexibility index (Phi) is 7.37. The summed E-state index contributed by atoms with van der Waals surface area (Å²) < 4.78 is 38.7. The molecule has 32 heavy (non-hydrogen) atoms. The van der Waals surface area contributed by atoms with Crippen LogP contribution in [0.25, 0.3) is 0 Å². The van der Waals surface area contributed by atoms with E-state index in [0.717, 1.165) is 16.7 Å². The van der Waals surface area contributed by atoms with Crippen molar-refractivity contribution >= 4 is 16.0 Å². The SMILES string of the molecule is CCOC(=O)c1[nH]c(CN(Cc2ccc(OC)cc2)S(=O)(=O)c2ccccc2)c(C)c1C. The Morgan fingerprint density at radius 2 is 1.62 bits per heavy atom. The van der Waals surface area contributed by atoms with E-state index in [4.69, 9.17) is 9.47 Å². The van der Waals surface area contributed by atoms with Crippen LogP contribution in [-0.4, -0.2) is 37.4 Å². The van der Waals surface area contributed by atoms with Crippen LogP contribution in [0.3, 0.4) is 0 Å². The number of nitrogens with zero attached hydrogens (tertiary/aromatic N) is 1. The number of benzene rings is 2. The van der Waals surface area contributed by atoms with Crippen molar-refractivity contribution in [3.05, 3.63) is 82.7 Å². The van der Waals surface area contributed by atoms with Gasteiger partial charge in [0.25, 0.3) is 0 Å². The number of carbonyl (C=O) groups excluding carboxylic acids is 1. The standard InChI is InChI=1S/C24H28N2O5S/c1-5-31-24(27)23-18(3)17(2)22(25-23)16-26(15-19-11-13-20(30-4)14-12-19)32(28,29)21-9-7-6-8-10-21/h6-14,25H,5,15-16H2,1-4H3. The highest BCUT2D eigenvalue weighted by atomic mass is 32.2. The summed E-state index contributed by atoms with van der Waals surface area (Å²) >= 11 is 0. The number of sulfonamides is 1. The summed E-state index contributed by atoms with van der Waals surface area (Å²) in [6.07, 6.45) is 0. The van der Waals surface area contributed by atoms with E-state index in [1.807, 2.05) is 26.0 Å². The van der Waals surface area contributed by atoms with Gasteiger partial charge in [-0.1, -0.05) is 30.3 Å². The predicted octanol–water partition coefficient (Wildman–Crippen LogP) is 4.21. The highest BCUT2D eigenvalue weighted by Crippen LogP contribution is 2.25. The average molecular weight is 457 g/mol. The zero-order valence-corrected chi connectivity index (χ0v) is 19.5. The van der Waals surface area contributed by atoms with E-state index in [0.29, 0.717) is 17.1 Å². The molecule has 0 saturated carbocycles. The van der Waals surface area contributed by atoms with Crippen molar-refractivity contribution in [2.75, 3.05) is 13.7 Å². The zero-order chi connectivity index (χ0) is 23.3. The predicted molar refractivity (Wildman–Crippen MR) is 122 cm³/mol. The first kappa shape index (κ1) is 23.6. The van der Waals surface area contributed by atoms with Crippen LogP contribution in [0.15, 0.2) is 59.5 Å². The van der Waals surface area contributed by atoms with Gasteiger partial charge in [-0.15, -0.1) is 0 Å². The summed E-state index contributed by atoms with van der Waals surface area (Å²) in [5, 5.41) is 0. The number of ether oxygens (including phenoxy) is 2. The molecule has 0 fully saturated rings. The van der Waals surface area contributed by atoms with Crippen molar-refractivity contribution in [3.63, 3.8) is 0 Å². The minimum Gasteiger partial charge on any atom is -0.497 e. The summed E-state index contributed by atoms with van der Waals surface area (Å²) in [5.74, 6) is 0.244. The second kappa shape index (κ2) is 10.0. The molecule has 0 saturated heterocycles. The molecule has 0 unspecified atom stereocenters. The van der Waals surface area contributed by atoms with Crippen molar-refractivity contribution < 1.29 is 22.7 Å². The van der Waals surface area contributed by atoms with Crippen molar-refractivity contribution in [1.29, 1.82) is 0 Å². The van der Waals surface area contributed by atoms with Crippen LogP contribution in [0.1, 0.15) is 39.8 Å². The van der Waals surface area contributed by atoms with E-state index in [2.05, 4.69) is 4.98 Å². The van der Waals surface area contributed by atoms with Crippen LogP contribution in [0, 0.1) is 13.8 Å². The van der Waals surface area contributed by atoms with Gasteiger partial charge in [-0.2, -0.15) is 4.31 Å². The van der Waals surface area contributed by atoms with Crippen LogP contribution in [-0.2, 0) is 27.8 Å². The van der Waals surface area contributed by atoms with Crippen molar-refractivity contribution in [2.45, 2.75) is 38.8 Å². The molecule has 0 aliphatic carbocycles. The van der Waals surface area contributed by atoms with Crippen molar-refractivity contribution in [1.82, 2.24) is 9.29 Å². The lowest BCUT2D eigenvalue weighted by Crippen LogP contribution is -2.30. The lowest BCUT2D eigenvalue weighted by molar-refractivity contribution is 0.0519. The number of esters is 1. The molecule has 7 nitrogen and oxygen atoms in total. The molecular formula is C24H28N2O5S. The summed E-state index contributed by atoms with van der Waals surface area (Å²) in [6, 6.07) is 15.6. The Balaban J connectivity index is 1.99. The quantitative estimate of drug-likeness (QED) is 0.487. The molecule has 0 spiro atoms. The molecule has 1 aromatic heterocycles. The number of rotatable bonds is 9. The third-order valence-corrected chi connectivity index (χ3v) is 7.18. The van der Waals surface area contributed by atoms with Gasteiger partial charge in [0.2, 0.25) is 10.0 Å². The molecule has 0 amide bonds. The highest BCUT2D eigenvalue weighted by molar-refractivity contribution is 7.89. The lowest BCUT2D eigenvalue weighted by atomic mass is 10.1. The molecule has 0 aliphatic rings. The Morgan fingerprint density at radius 1 is 0.969 bits per heavy atom. The number of aromatic amines is 1. The molecule has 1 N–H and O–H groups in total. The minimum atomic E-state index is -3.80. The van der Waals surface area contributed by atoms with Crippen LogP contribution < -0.4 is 4.74 Å². The smallest absolute Gasteiger partial charge is 0.355 e. The number of carbonyl (C=O) groups is 1. The van der Waals surface area contributed by atoms with Crippen LogP contribution >= 0.6 is 0 Å². The molecule has 0 radical (unpaired) electrons.